The molecule has 0 fully saturated rings. The number of amides is 1. The average molecular weight is 436 g/mol. The van der Waals surface area contributed by atoms with E-state index in [1.807, 2.05) is 6.92 Å². The summed E-state index contributed by atoms with van der Waals surface area (Å²) in [4.78, 5) is 12.0. The third-order valence-electron chi connectivity index (χ3n) is 4.02. The van der Waals surface area contributed by atoms with E-state index in [0.717, 1.165) is 15.6 Å². The van der Waals surface area contributed by atoms with E-state index in [-0.39, 0.29) is 10.6 Å². The quantitative estimate of drug-likeness (QED) is 0.451. The predicted molar refractivity (Wildman–Crippen MR) is 113 cm³/mol. The predicted octanol–water partition coefficient (Wildman–Crippen LogP) is 1.87. The van der Waals surface area contributed by atoms with E-state index in [9.17, 15) is 13.2 Å². The number of carbonyl (C=O) groups excluding carboxylic acids is 1. The minimum atomic E-state index is -4.00. The van der Waals surface area contributed by atoms with Gasteiger partial charge in [-0.2, -0.15) is 9.41 Å². The van der Waals surface area contributed by atoms with Crippen molar-refractivity contribution in [3.63, 3.8) is 0 Å². The topological polar surface area (TPSA) is 107 Å². The molecule has 1 amide bonds. The zero-order valence-corrected chi connectivity index (χ0v) is 18.1. The number of hydrazone groups is 1. The number of ether oxygens (including phenoxy) is 3. The molecule has 10 heteroatoms. The van der Waals surface area contributed by atoms with Gasteiger partial charge in [-0.05, 0) is 48.9 Å². The smallest absolute Gasteiger partial charge is 0.255 e. The molecule has 0 heterocycles. The molecule has 0 bridgehead atoms. The molecule has 0 aliphatic carbocycles. The molecule has 0 saturated carbocycles. The third-order valence-corrected chi connectivity index (χ3v) is 5.84. The largest absolute Gasteiger partial charge is 0.497 e. The van der Waals surface area contributed by atoms with E-state index in [1.54, 1.807) is 30.3 Å². The van der Waals surface area contributed by atoms with E-state index in [4.69, 9.17) is 14.2 Å². The van der Waals surface area contributed by atoms with E-state index in [1.165, 1.54) is 39.6 Å². The van der Waals surface area contributed by atoms with Crippen molar-refractivity contribution in [1.29, 1.82) is 0 Å². The SMILES string of the molecule is CCOc1ccc(/C=N/NC(=O)CN(C)S(=O)(=O)c2cc(OC)ccc2OC)cc1. The van der Waals surface area contributed by atoms with E-state index in [0.29, 0.717) is 12.4 Å². The molecule has 2 aromatic carbocycles. The highest BCUT2D eigenvalue weighted by molar-refractivity contribution is 7.89. The number of benzene rings is 2. The van der Waals surface area contributed by atoms with Gasteiger partial charge in [0.1, 0.15) is 22.1 Å². The summed E-state index contributed by atoms with van der Waals surface area (Å²) in [6.07, 6.45) is 1.45. The standard InChI is InChI=1S/C20H25N3O6S/c1-5-29-16-8-6-15(7-9-16)13-21-22-20(24)14-23(2)30(25,26)19-12-17(27-3)10-11-18(19)28-4/h6-13H,5,14H2,1-4H3,(H,22,24)/b21-13+. The van der Waals surface area contributed by atoms with Crippen LogP contribution in [0, 0.1) is 0 Å². The Morgan fingerprint density at radius 1 is 1.10 bits per heavy atom. The fourth-order valence-electron chi connectivity index (χ4n) is 2.47. The van der Waals surface area contributed by atoms with Crippen LogP contribution >= 0.6 is 0 Å². The highest BCUT2D eigenvalue weighted by Gasteiger charge is 2.27. The Bertz CT molecular complexity index is 990. The minimum absolute atomic E-state index is 0.0995. The zero-order valence-electron chi connectivity index (χ0n) is 17.3. The Balaban J connectivity index is 2.02. The van der Waals surface area contributed by atoms with Crippen LogP contribution in [0.25, 0.3) is 0 Å². The van der Waals surface area contributed by atoms with Gasteiger partial charge in [-0.1, -0.05) is 0 Å². The number of carbonyl (C=O) groups is 1. The maximum Gasteiger partial charge on any atom is 0.255 e. The summed E-state index contributed by atoms with van der Waals surface area (Å²) in [5.41, 5.74) is 3.06. The van der Waals surface area contributed by atoms with Crippen LogP contribution < -0.4 is 19.6 Å². The summed E-state index contributed by atoms with van der Waals surface area (Å²) in [6.45, 7) is 2.04. The second-order valence-corrected chi connectivity index (χ2v) is 8.09. The van der Waals surface area contributed by atoms with Crippen molar-refractivity contribution in [2.45, 2.75) is 11.8 Å². The molecule has 0 radical (unpaired) electrons. The third kappa shape index (κ3) is 5.94. The van der Waals surface area contributed by atoms with Gasteiger partial charge < -0.3 is 14.2 Å². The Morgan fingerprint density at radius 3 is 2.37 bits per heavy atom. The minimum Gasteiger partial charge on any atom is -0.497 e. The lowest BCUT2D eigenvalue weighted by atomic mass is 10.2. The number of sulfonamides is 1. The molecule has 1 N–H and O–H groups in total. The molecule has 30 heavy (non-hydrogen) atoms. The molecule has 0 atom stereocenters. The van der Waals surface area contributed by atoms with Gasteiger partial charge in [-0.25, -0.2) is 13.8 Å². The molecule has 0 unspecified atom stereocenters. The van der Waals surface area contributed by atoms with Gasteiger partial charge in [0.2, 0.25) is 10.0 Å². The molecular weight excluding hydrogens is 410 g/mol. The Hall–Kier alpha value is -3.11. The fourth-order valence-corrected chi connectivity index (χ4v) is 3.77. The summed E-state index contributed by atoms with van der Waals surface area (Å²) in [7, 11) is 0.0931. The van der Waals surface area contributed by atoms with Crippen molar-refractivity contribution in [3.05, 3.63) is 48.0 Å². The van der Waals surface area contributed by atoms with Crippen LogP contribution in [0.5, 0.6) is 17.2 Å². The van der Waals surface area contributed by atoms with Gasteiger partial charge in [0.05, 0.1) is 33.6 Å². The van der Waals surface area contributed by atoms with E-state index >= 15 is 0 Å². The normalized spacial score (nSPS) is 11.5. The van der Waals surface area contributed by atoms with E-state index in [2.05, 4.69) is 10.5 Å². The van der Waals surface area contributed by atoms with Crippen LogP contribution in [0.3, 0.4) is 0 Å². The van der Waals surface area contributed by atoms with Gasteiger partial charge in [0.25, 0.3) is 5.91 Å². The summed E-state index contributed by atoms with van der Waals surface area (Å²) < 4.78 is 42.2. The van der Waals surface area contributed by atoms with Crippen molar-refractivity contribution in [3.8, 4) is 17.2 Å². The monoisotopic (exact) mass is 435 g/mol. The van der Waals surface area contributed by atoms with Crippen LogP contribution in [0.4, 0.5) is 0 Å². The lowest BCUT2D eigenvalue weighted by Gasteiger charge is -2.18. The summed E-state index contributed by atoms with van der Waals surface area (Å²) in [5, 5.41) is 3.85. The summed E-state index contributed by atoms with van der Waals surface area (Å²) in [6, 6.07) is 11.6. The fraction of sp³-hybridized carbons (Fsp3) is 0.300. The molecule has 0 spiro atoms. The number of hydrogen-bond acceptors (Lipinski definition) is 7. The molecular formula is C20H25N3O6S. The molecule has 0 aliphatic heterocycles. The first-order valence-electron chi connectivity index (χ1n) is 9.05. The van der Waals surface area contributed by atoms with Crippen LogP contribution in [-0.4, -0.2) is 59.3 Å². The highest BCUT2D eigenvalue weighted by Crippen LogP contribution is 2.30. The van der Waals surface area contributed by atoms with Crippen LogP contribution in [0.2, 0.25) is 0 Å². The van der Waals surface area contributed by atoms with Gasteiger partial charge in [-0.15, -0.1) is 0 Å². The van der Waals surface area contributed by atoms with Crippen molar-refractivity contribution < 1.29 is 27.4 Å². The first-order valence-corrected chi connectivity index (χ1v) is 10.5. The molecule has 0 saturated heterocycles. The Kier molecular flexibility index (Phi) is 8.19. The number of methoxy groups -OCH3 is 2. The number of nitrogens with zero attached hydrogens (tertiary/aromatic N) is 2. The lowest BCUT2D eigenvalue weighted by Crippen LogP contribution is -2.36. The Labute approximate surface area is 176 Å². The molecule has 0 aliphatic rings. The molecule has 162 valence electrons. The van der Waals surface area contributed by atoms with Crippen LogP contribution in [-0.2, 0) is 14.8 Å². The van der Waals surface area contributed by atoms with Gasteiger partial charge in [-0.3, -0.25) is 4.79 Å². The maximum absolute atomic E-state index is 12.9. The molecule has 9 nitrogen and oxygen atoms in total. The van der Waals surface area contributed by atoms with Crippen molar-refractivity contribution >= 4 is 22.1 Å². The maximum atomic E-state index is 12.9. The highest BCUT2D eigenvalue weighted by atomic mass is 32.2. The first kappa shape index (κ1) is 23.2. The number of hydrogen-bond donors (Lipinski definition) is 1. The van der Waals surface area contributed by atoms with Gasteiger partial charge in [0.15, 0.2) is 0 Å². The lowest BCUT2D eigenvalue weighted by molar-refractivity contribution is -0.121. The van der Waals surface area contributed by atoms with Crippen molar-refractivity contribution in [1.82, 2.24) is 9.73 Å². The van der Waals surface area contributed by atoms with Crippen LogP contribution in [0.1, 0.15) is 12.5 Å². The molecule has 2 rings (SSSR count). The molecule has 2 aromatic rings. The number of rotatable bonds is 10. The van der Waals surface area contributed by atoms with Crippen LogP contribution in [0.15, 0.2) is 52.5 Å². The van der Waals surface area contributed by atoms with Crippen molar-refractivity contribution in [2.75, 3.05) is 34.4 Å². The second kappa shape index (κ2) is 10.6. The first-order chi connectivity index (χ1) is 14.3. The summed E-state index contributed by atoms with van der Waals surface area (Å²) >= 11 is 0. The second-order valence-electron chi connectivity index (χ2n) is 6.07. The number of nitrogens with one attached hydrogen (secondary N) is 1. The van der Waals surface area contributed by atoms with Gasteiger partial charge >= 0.3 is 0 Å². The van der Waals surface area contributed by atoms with E-state index < -0.39 is 22.5 Å². The van der Waals surface area contributed by atoms with Gasteiger partial charge in [0, 0.05) is 13.1 Å². The average Bonchev–Trinajstić information content (AvgIpc) is 2.74. The Morgan fingerprint density at radius 2 is 1.77 bits per heavy atom. The zero-order chi connectivity index (χ0) is 22.1. The van der Waals surface area contributed by atoms with Crippen molar-refractivity contribution in [2.24, 2.45) is 5.10 Å². The number of likely N-dealkylation sites (N-methyl/N-ethyl adjacent to an activating group) is 1. The summed E-state index contributed by atoms with van der Waals surface area (Å²) in [5.74, 6) is 0.646. The molecule has 0 aromatic heterocycles.